The summed E-state index contributed by atoms with van der Waals surface area (Å²) < 4.78 is 10.4. The first-order valence-electron chi connectivity index (χ1n) is 7.36. The minimum Gasteiger partial charge on any atom is -0.497 e. The summed E-state index contributed by atoms with van der Waals surface area (Å²) in [4.78, 5) is 30.3. The number of fused-ring (bicyclic) bond motifs is 1. The van der Waals surface area contributed by atoms with E-state index < -0.39 is 11.5 Å². The van der Waals surface area contributed by atoms with Gasteiger partial charge < -0.3 is 14.1 Å². The van der Waals surface area contributed by atoms with E-state index in [9.17, 15) is 9.59 Å². The highest BCUT2D eigenvalue weighted by atomic mass is 16.5. The van der Waals surface area contributed by atoms with Gasteiger partial charge in [0.2, 0.25) is 0 Å². The lowest BCUT2D eigenvalue weighted by Crippen LogP contribution is -2.30. The van der Waals surface area contributed by atoms with Crippen molar-refractivity contribution >= 4 is 16.9 Å². The van der Waals surface area contributed by atoms with Gasteiger partial charge in [0, 0.05) is 24.7 Å². The van der Waals surface area contributed by atoms with Crippen molar-refractivity contribution in [1.29, 1.82) is 0 Å². The second kappa shape index (κ2) is 6.54. The average Bonchev–Trinajstić information content (AvgIpc) is 2.60. The Kier molecular flexibility index (Phi) is 4.29. The quantitative estimate of drug-likeness (QED) is 0.689. The summed E-state index contributed by atoms with van der Waals surface area (Å²) in [6.45, 7) is 0.252. The molecule has 0 radical (unpaired) electrons. The lowest BCUT2D eigenvalue weighted by molar-refractivity contribution is 0.0779. The SMILES string of the molecule is COc1ccnc(CN(C)C(=O)c2cc3ccccc3oc2=O)c1. The molecule has 0 saturated carbocycles. The van der Waals surface area contributed by atoms with Crippen LogP contribution in [-0.2, 0) is 6.54 Å². The van der Waals surface area contributed by atoms with Crippen LogP contribution in [-0.4, -0.2) is 29.9 Å². The molecule has 0 N–H and O–H groups in total. The molecule has 0 aliphatic rings. The van der Waals surface area contributed by atoms with Crippen LogP contribution >= 0.6 is 0 Å². The molecule has 2 aromatic heterocycles. The number of para-hydroxylation sites is 1. The molecule has 6 nitrogen and oxygen atoms in total. The van der Waals surface area contributed by atoms with Gasteiger partial charge >= 0.3 is 5.63 Å². The van der Waals surface area contributed by atoms with E-state index in [1.807, 2.05) is 6.07 Å². The molecule has 24 heavy (non-hydrogen) atoms. The molecule has 1 amide bonds. The summed E-state index contributed by atoms with van der Waals surface area (Å²) in [6.07, 6.45) is 1.61. The summed E-state index contributed by atoms with van der Waals surface area (Å²) in [5.41, 5.74) is 0.467. The topological polar surface area (TPSA) is 72.6 Å². The number of ether oxygens (including phenoxy) is 1. The van der Waals surface area contributed by atoms with Crippen molar-refractivity contribution in [3.63, 3.8) is 0 Å². The highest BCUT2D eigenvalue weighted by Crippen LogP contribution is 2.15. The minimum absolute atomic E-state index is 0.000837. The summed E-state index contributed by atoms with van der Waals surface area (Å²) >= 11 is 0. The average molecular weight is 324 g/mol. The number of carbonyl (C=O) groups is 1. The molecule has 0 atom stereocenters. The van der Waals surface area contributed by atoms with Gasteiger partial charge in [0.05, 0.1) is 19.3 Å². The number of amides is 1. The third kappa shape index (κ3) is 3.12. The Labute approximate surface area is 138 Å². The Balaban J connectivity index is 1.87. The van der Waals surface area contributed by atoms with Gasteiger partial charge in [-0.1, -0.05) is 18.2 Å². The Bertz CT molecular complexity index is 949. The van der Waals surface area contributed by atoms with Gasteiger partial charge in [0.1, 0.15) is 16.9 Å². The number of benzene rings is 1. The normalized spacial score (nSPS) is 10.6. The zero-order valence-corrected chi connectivity index (χ0v) is 13.4. The fraction of sp³-hybridized carbons (Fsp3) is 0.167. The standard InChI is InChI=1S/C18H16N2O4/c1-20(11-13-10-14(23-2)7-8-19-13)17(21)15-9-12-5-3-4-6-16(12)24-18(15)22/h3-10H,11H2,1-2H3. The van der Waals surface area contributed by atoms with Crippen molar-refractivity contribution < 1.29 is 13.9 Å². The van der Waals surface area contributed by atoms with E-state index in [0.717, 1.165) is 0 Å². The smallest absolute Gasteiger partial charge is 0.349 e. The Hall–Kier alpha value is -3.15. The zero-order valence-electron chi connectivity index (χ0n) is 13.4. The number of aromatic nitrogens is 1. The molecule has 0 saturated heterocycles. The van der Waals surface area contributed by atoms with Gasteiger partial charge in [-0.25, -0.2) is 4.79 Å². The highest BCUT2D eigenvalue weighted by molar-refractivity contribution is 5.96. The lowest BCUT2D eigenvalue weighted by atomic mass is 10.1. The predicted octanol–water partition coefficient (Wildman–Crippen LogP) is 2.47. The number of methoxy groups -OCH3 is 1. The number of nitrogens with zero attached hydrogens (tertiary/aromatic N) is 2. The van der Waals surface area contributed by atoms with Crippen LogP contribution in [0.1, 0.15) is 16.1 Å². The van der Waals surface area contributed by atoms with Crippen LogP contribution in [0, 0.1) is 0 Å². The van der Waals surface area contributed by atoms with Crippen molar-refractivity contribution in [3.05, 3.63) is 70.3 Å². The van der Waals surface area contributed by atoms with Crippen LogP contribution in [0.15, 0.2) is 57.9 Å². The summed E-state index contributed by atoms with van der Waals surface area (Å²) in [5.74, 6) is 0.241. The lowest BCUT2D eigenvalue weighted by Gasteiger charge is -2.16. The molecule has 0 aliphatic carbocycles. The predicted molar refractivity (Wildman–Crippen MR) is 89.1 cm³/mol. The van der Waals surface area contributed by atoms with Gasteiger partial charge in [0.25, 0.3) is 5.91 Å². The van der Waals surface area contributed by atoms with E-state index in [-0.39, 0.29) is 12.1 Å². The summed E-state index contributed by atoms with van der Waals surface area (Å²) in [7, 11) is 3.17. The maximum atomic E-state index is 12.6. The van der Waals surface area contributed by atoms with Crippen LogP contribution < -0.4 is 10.4 Å². The zero-order chi connectivity index (χ0) is 17.1. The molecule has 0 fully saturated rings. The molecule has 6 heteroatoms. The van der Waals surface area contributed by atoms with Crippen molar-refractivity contribution in [2.45, 2.75) is 6.54 Å². The molecular formula is C18H16N2O4. The molecule has 1 aromatic carbocycles. The molecular weight excluding hydrogens is 308 g/mol. The summed E-state index contributed by atoms with van der Waals surface area (Å²) in [5, 5.41) is 0.702. The Morgan fingerprint density at radius 3 is 2.83 bits per heavy atom. The molecule has 0 aliphatic heterocycles. The molecule has 3 aromatic rings. The van der Waals surface area contributed by atoms with Gasteiger partial charge in [-0.3, -0.25) is 9.78 Å². The molecule has 122 valence electrons. The van der Waals surface area contributed by atoms with Crippen LogP contribution in [0.5, 0.6) is 5.75 Å². The van der Waals surface area contributed by atoms with Gasteiger partial charge in [0.15, 0.2) is 0 Å². The van der Waals surface area contributed by atoms with Gasteiger partial charge in [-0.2, -0.15) is 0 Å². The fourth-order valence-corrected chi connectivity index (χ4v) is 2.40. The Morgan fingerprint density at radius 2 is 2.04 bits per heavy atom. The first kappa shape index (κ1) is 15.7. The number of hydrogen-bond donors (Lipinski definition) is 0. The van der Waals surface area contributed by atoms with Crippen LogP contribution in [0.3, 0.4) is 0 Å². The number of carbonyl (C=O) groups excluding carboxylic acids is 1. The second-order valence-electron chi connectivity index (χ2n) is 5.33. The number of rotatable bonds is 4. The fourth-order valence-electron chi connectivity index (χ4n) is 2.40. The highest BCUT2D eigenvalue weighted by Gasteiger charge is 2.18. The van der Waals surface area contributed by atoms with Crippen molar-refractivity contribution in [2.75, 3.05) is 14.2 Å². The number of hydrogen-bond acceptors (Lipinski definition) is 5. The van der Waals surface area contributed by atoms with E-state index >= 15 is 0 Å². The summed E-state index contributed by atoms with van der Waals surface area (Å²) in [6, 6.07) is 12.1. The van der Waals surface area contributed by atoms with Crippen molar-refractivity contribution in [2.24, 2.45) is 0 Å². The first-order chi connectivity index (χ1) is 11.6. The minimum atomic E-state index is -0.649. The maximum Gasteiger partial charge on any atom is 0.349 e. The molecule has 3 rings (SSSR count). The first-order valence-corrected chi connectivity index (χ1v) is 7.36. The maximum absolute atomic E-state index is 12.6. The van der Waals surface area contributed by atoms with Crippen LogP contribution in [0.2, 0.25) is 0 Å². The van der Waals surface area contributed by atoms with E-state index in [1.165, 1.54) is 4.90 Å². The molecule has 0 spiro atoms. The van der Waals surface area contributed by atoms with Gasteiger partial charge in [-0.05, 0) is 18.2 Å². The molecule has 0 unspecified atom stereocenters. The van der Waals surface area contributed by atoms with Gasteiger partial charge in [-0.15, -0.1) is 0 Å². The van der Waals surface area contributed by atoms with E-state index in [4.69, 9.17) is 9.15 Å². The third-order valence-corrected chi connectivity index (χ3v) is 3.64. The largest absolute Gasteiger partial charge is 0.497 e. The molecule has 2 heterocycles. The van der Waals surface area contributed by atoms with E-state index in [1.54, 1.807) is 56.8 Å². The van der Waals surface area contributed by atoms with E-state index in [0.29, 0.717) is 22.4 Å². The second-order valence-corrected chi connectivity index (χ2v) is 5.33. The van der Waals surface area contributed by atoms with Crippen molar-refractivity contribution in [3.8, 4) is 5.75 Å². The Morgan fingerprint density at radius 1 is 1.25 bits per heavy atom. The van der Waals surface area contributed by atoms with Crippen LogP contribution in [0.25, 0.3) is 11.0 Å². The number of pyridine rings is 1. The third-order valence-electron chi connectivity index (χ3n) is 3.64. The monoisotopic (exact) mass is 324 g/mol. The molecule has 0 bridgehead atoms. The van der Waals surface area contributed by atoms with Crippen LogP contribution in [0.4, 0.5) is 0 Å². The van der Waals surface area contributed by atoms with Crippen molar-refractivity contribution in [1.82, 2.24) is 9.88 Å². The van der Waals surface area contributed by atoms with E-state index in [2.05, 4.69) is 4.98 Å².